The largest absolute Gasteiger partial charge is 0.507 e. The zero-order chi connectivity index (χ0) is 16.4. The summed E-state index contributed by atoms with van der Waals surface area (Å²) >= 11 is 0. The van der Waals surface area contributed by atoms with Gasteiger partial charge in [0.15, 0.2) is 0 Å². The fourth-order valence-electron chi connectivity index (χ4n) is 2.40. The molecule has 0 bridgehead atoms. The van der Waals surface area contributed by atoms with Crippen LogP contribution in [0.3, 0.4) is 0 Å². The van der Waals surface area contributed by atoms with Crippen LogP contribution in [0.15, 0.2) is 24.8 Å². The molecule has 0 amide bonds. The monoisotopic (exact) mass is 289 g/mol. The van der Waals surface area contributed by atoms with Crippen molar-refractivity contribution in [3.05, 3.63) is 41.5 Å². The van der Waals surface area contributed by atoms with Gasteiger partial charge in [0.05, 0.1) is 0 Å². The van der Waals surface area contributed by atoms with Gasteiger partial charge in [0.2, 0.25) is 0 Å². The predicted molar refractivity (Wildman–Crippen MR) is 91.9 cm³/mol. The van der Waals surface area contributed by atoms with Gasteiger partial charge in [-0.15, -0.1) is 6.58 Å². The molecule has 0 fully saturated rings. The van der Waals surface area contributed by atoms with Gasteiger partial charge in [-0.1, -0.05) is 53.7 Å². The fourth-order valence-corrected chi connectivity index (χ4v) is 2.40. The van der Waals surface area contributed by atoms with Crippen LogP contribution in [0.25, 0.3) is 0 Å². The van der Waals surface area contributed by atoms with E-state index in [1.54, 1.807) is 0 Å². The van der Waals surface area contributed by atoms with Crippen LogP contribution in [0.4, 0.5) is 0 Å². The quantitative estimate of drug-likeness (QED) is 0.770. The molecule has 0 spiro atoms. The summed E-state index contributed by atoms with van der Waals surface area (Å²) < 4.78 is 0. The zero-order valence-corrected chi connectivity index (χ0v) is 14.5. The molecule has 2 nitrogen and oxygen atoms in total. The van der Waals surface area contributed by atoms with Gasteiger partial charge in [0.25, 0.3) is 0 Å². The first-order chi connectivity index (χ1) is 9.48. The van der Waals surface area contributed by atoms with E-state index in [0.717, 1.165) is 24.0 Å². The minimum absolute atomic E-state index is 0.0284. The van der Waals surface area contributed by atoms with Crippen LogP contribution < -0.4 is 5.73 Å². The highest BCUT2D eigenvalue weighted by Gasteiger charge is 2.26. The third-order valence-corrected chi connectivity index (χ3v) is 3.89. The van der Waals surface area contributed by atoms with Crippen LogP contribution in [0.5, 0.6) is 5.75 Å². The second-order valence-corrected chi connectivity index (χ2v) is 7.93. The Morgan fingerprint density at radius 1 is 1.14 bits per heavy atom. The van der Waals surface area contributed by atoms with Crippen molar-refractivity contribution in [1.29, 1.82) is 0 Å². The average Bonchev–Trinajstić information content (AvgIpc) is 2.33. The van der Waals surface area contributed by atoms with Crippen molar-refractivity contribution in [2.24, 2.45) is 5.73 Å². The minimum Gasteiger partial charge on any atom is -0.507 e. The lowest BCUT2D eigenvalue weighted by molar-refractivity contribution is 0.430. The van der Waals surface area contributed by atoms with E-state index in [1.807, 2.05) is 6.08 Å². The highest BCUT2D eigenvalue weighted by atomic mass is 16.3. The van der Waals surface area contributed by atoms with Crippen LogP contribution in [-0.2, 0) is 10.8 Å². The summed E-state index contributed by atoms with van der Waals surface area (Å²) in [6, 6.07) is 4.03. The molecule has 0 saturated heterocycles. The van der Waals surface area contributed by atoms with E-state index < -0.39 is 0 Å². The van der Waals surface area contributed by atoms with Gasteiger partial charge >= 0.3 is 0 Å². The minimum atomic E-state index is -0.161. The summed E-state index contributed by atoms with van der Waals surface area (Å²) in [7, 11) is 0. The number of rotatable bonds is 4. The van der Waals surface area contributed by atoms with Crippen LogP contribution >= 0.6 is 0 Å². The third kappa shape index (κ3) is 4.34. The topological polar surface area (TPSA) is 46.2 Å². The highest BCUT2D eigenvalue weighted by molar-refractivity contribution is 5.49. The molecule has 0 heterocycles. The van der Waals surface area contributed by atoms with Crippen molar-refractivity contribution >= 4 is 0 Å². The Balaban J connectivity index is 3.45. The van der Waals surface area contributed by atoms with E-state index in [2.05, 4.69) is 60.3 Å². The summed E-state index contributed by atoms with van der Waals surface area (Å²) in [5.41, 5.74) is 9.26. The normalized spacial score (nSPS) is 14.0. The summed E-state index contributed by atoms with van der Waals surface area (Å²) in [6.45, 7) is 16.7. The summed E-state index contributed by atoms with van der Waals surface area (Å²) in [5, 5.41) is 10.7. The van der Waals surface area contributed by atoms with Crippen LogP contribution in [0.1, 0.15) is 77.1 Å². The Morgan fingerprint density at radius 2 is 1.71 bits per heavy atom. The van der Waals surface area contributed by atoms with Crippen molar-refractivity contribution in [2.75, 3.05) is 0 Å². The molecule has 0 aromatic heterocycles. The Kier molecular flexibility index (Phi) is 5.27. The number of benzene rings is 1. The Morgan fingerprint density at radius 3 is 2.14 bits per heavy atom. The molecule has 1 aromatic carbocycles. The number of phenolic OH excluding ortho intramolecular Hbond substituents is 1. The average molecular weight is 289 g/mol. The van der Waals surface area contributed by atoms with E-state index in [9.17, 15) is 5.11 Å². The summed E-state index contributed by atoms with van der Waals surface area (Å²) in [5.74, 6) is 0.354. The molecule has 0 radical (unpaired) electrons. The van der Waals surface area contributed by atoms with Crippen molar-refractivity contribution in [2.45, 2.75) is 71.3 Å². The number of phenols is 1. The molecule has 118 valence electrons. The molecule has 21 heavy (non-hydrogen) atoms. The molecule has 0 aliphatic rings. The van der Waals surface area contributed by atoms with E-state index in [4.69, 9.17) is 5.73 Å². The maximum absolute atomic E-state index is 10.7. The van der Waals surface area contributed by atoms with Gasteiger partial charge in [-0.05, 0) is 40.9 Å². The molecule has 0 aliphatic carbocycles. The van der Waals surface area contributed by atoms with Crippen molar-refractivity contribution in [3.63, 3.8) is 0 Å². The Hall–Kier alpha value is -1.28. The van der Waals surface area contributed by atoms with E-state index >= 15 is 0 Å². The van der Waals surface area contributed by atoms with Gasteiger partial charge < -0.3 is 10.8 Å². The van der Waals surface area contributed by atoms with Crippen molar-refractivity contribution in [3.8, 4) is 5.75 Å². The molecule has 3 N–H and O–H groups in total. The molecule has 0 unspecified atom stereocenters. The summed E-state index contributed by atoms with van der Waals surface area (Å²) in [6.07, 6.45) is 3.52. The molecule has 1 atom stereocenters. The molecular weight excluding hydrogens is 258 g/mol. The molecular formula is C19H31NO. The van der Waals surface area contributed by atoms with Crippen LogP contribution in [-0.4, -0.2) is 5.11 Å². The van der Waals surface area contributed by atoms with Gasteiger partial charge in [-0.3, -0.25) is 0 Å². The second kappa shape index (κ2) is 6.23. The Labute approximate surface area is 130 Å². The number of allylic oxidation sites excluding steroid dienone is 1. The van der Waals surface area contributed by atoms with Crippen molar-refractivity contribution < 1.29 is 5.11 Å². The SMILES string of the molecule is C=CCC[C@@H](N)c1cc(C(C)(C)C)cc(C(C)(C)C)c1O. The maximum atomic E-state index is 10.7. The standard InChI is InChI=1S/C19H31NO/c1-8-9-10-16(20)14-11-13(18(2,3)4)12-15(17(14)21)19(5,6)7/h8,11-12,16,21H,1,9-10,20H2,2-7H3/t16-/m1/s1. The lowest BCUT2D eigenvalue weighted by Gasteiger charge is -2.29. The van der Waals surface area contributed by atoms with E-state index in [0.29, 0.717) is 5.75 Å². The zero-order valence-electron chi connectivity index (χ0n) is 14.5. The molecule has 2 heteroatoms. The Bertz CT molecular complexity index is 504. The fraction of sp³-hybridized carbons (Fsp3) is 0.579. The van der Waals surface area contributed by atoms with E-state index in [-0.39, 0.29) is 16.9 Å². The summed E-state index contributed by atoms with van der Waals surface area (Å²) in [4.78, 5) is 0. The first-order valence-electron chi connectivity index (χ1n) is 7.73. The maximum Gasteiger partial charge on any atom is 0.124 e. The number of hydrogen-bond donors (Lipinski definition) is 2. The smallest absolute Gasteiger partial charge is 0.124 e. The first kappa shape index (κ1) is 17.8. The lowest BCUT2D eigenvalue weighted by atomic mass is 9.78. The van der Waals surface area contributed by atoms with Crippen LogP contribution in [0.2, 0.25) is 0 Å². The third-order valence-electron chi connectivity index (χ3n) is 3.89. The molecule has 0 saturated carbocycles. The molecule has 0 aliphatic heterocycles. The predicted octanol–water partition coefficient (Wildman–Crippen LogP) is 4.95. The van der Waals surface area contributed by atoms with Gasteiger partial charge in [-0.25, -0.2) is 0 Å². The van der Waals surface area contributed by atoms with Gasteiger partial charge in [0.1, 0.15) is 5.75 Å². The number of nitrogens with two attached hydrogens (primary N) is 1. The van der Waals surface area contributed by atoms with Gasteiger partial charge in [0, 0.05) is 11.6 Å². The second-order valence-electron chi connectivity index (χ2n) is 7.93. The number of hydrogen-bond acceptors (Lipinski definition) is 2. The number of aromatic hydroxyl groups is 1. The lowest BCUT2D eigenvalue weighted by Crippen LogP contribution is -2.20. The van der Waals surface area contributed by atoms with Crippen molar-refractivity contribution in [1.82, 2.24) is 0 Å². The molecule has 1 rings (SSSR count). The molecule has 1 aromatic rings. The first-order valence-corrected chi connectivity index (χ1v) is 7.73. The highest BCUT2D eigenvalue weighted by Crippen LogP contribution is 2.40. The van der Waals surface area contributed by atoms with E-state index in [1.165, 1.54) is 5.56 Å². The van der Waals surface area contributed by atoms with Gasteiger partial charge in [-0.2, -0.15) is 0 Å². The van der Waals surface area contributed by atoms with Crippen LogP contribution in [0, 0.1) is 0 Å².